The number of nitrogens with zero attached hydrogens (tertiary/aromatic N) is 4. The number of hydrogen-bond donors (Lipinski definition) is 3. The molecule has 4 N–H and O–H groups in total. The molecule has 0 spiro atoms. The molecule has 1 aliphatic rings. The number of rotatable bonds is 5. The van der Waals surface area contributed by atoms with Crippen molar-refractivity contribution in [3.63, 3.8) is 0 Å². The highest BCUT2D eigenvalue weighted by molar-refractivity contribution is 5.85. The van der Waals surface area contributed by atoms with E-state index in [1.807, 2.05) is 35.1 Å². The molecule has 8 heteroatoms. The van der Waals surface area contributed by atoms with Crippen LogP contribution in [0.4, 0.5) is 11.8 Å². The number of ether oxygens (including phenoxy) is 1. The van der Waals surface area contributed by atoms with Gasteiger partial charge in [-0.25, -0.2) is 4.98 Å². The van der Waals surface area contributed by atoms with Gasteiger partial charge in [0.25, 0.3) is 0 Å². The topological polar surface area (TPSA) is 111 Å². The van der Waals surface area contributed by atoms with Crippen LogP contribution in [0.15, 0.2) is 30.5 Å². The average Bonchev–Trinajstić information content (AvgIpc) is 3.04. The number of anilines is 2. The fourth-order valence-corrected chi connectivity index (χ4v) is 3.66. The molecule has 142 valence electrons. The molecule has 1 saturated carbocycles. The fraction of sp³-hybridized carbons (Fsp3) is 0.421. The van der Waals surface area contributed by atoms with Crippen LogP contribution in [0.3, 0.4) is 0 Å². The van der Waals surface area contributed by atoms with Crippen LogP contribution in [0.2, 0.25) is 0 Å². The highest BCUT2D eigenvalue weighted by Gasteiger charge is 2.22. The van der Waals surface area contributed by atoms with Gasteiger partial charge in [0, 0.05) is 11.6 Å². The maximum atomic E-state index is 9.91. The van der Waals surface area contributed by atoms with Gasteiger partial charge in [0.2, 0.25) is 5.95 Å². The van der Waals surface area contributed by atoms with Crippen LogP contribution < -0.4 is 15.8 Å². The number of benzene rings is 1. The minimum absolute atomic E-state index is 0.158. The van der Waals surface area contributed by atoms with Crippen molar-refractivity contribution in [3.05, 3.63) is 36.0 Å². The Hall–Kier alpha value is -2.87. The summed E-state index contributed by atoms with van der Waals surface area (Å²) < 4.78 is 7.24. The van der Waals surface area contributed by atoms with Gasteiger partial charge in [0.15, 0.2) is 11.3 Å². The maximum absolute atomic E-state index is 9.91. The van der Waals surface area contributed by atoms with E-state index in [9.17, 15) is 5.11 Å². The second-order valence-corrected chi connectivity index (χ2v) is 6.96. The van der Waals surface area contributed by atoms with Crippen LogP contribution >= 0.6 is 0 Å². The zero-order valence-corrected chi connectivity index (χ0v) is 15.3. The molecule has 0 radical (unpaired) electrons. The number of fused-ring (bicyclic) bond motifs is 1. The quantitative estimate of drug-likeness (QED) is 0.633. The molecule has 0 aliphatic heterocycles. The van der Waals surface area contributed by atoms with Crippen LogP contribution in [-0.4, -0.2) is 44.1 Å². The number of methoxy groups -OCH3 is 1. The van der Waals surface area contributed by atoms with Crippen LogP contribution in [-0.2, 0) is 6.54 Å². The van der Waals surface area contributed by atoms with Crippen molar-refractivity contribution in [1.82, 2.24) is 19.7 Å². The molecule has 0 saturated heterocycles. The number of aliphatic hydroxyl groups excluding tert-OH is 1. The van der Waals surface area contributed by atoms with Gasteiger partial charge >= 0.3 is 0 Å². The van der Waals surface area contributed by atoms with Gasteiger partial charge in [-0.15, -0.1) is 0 Å². The molecule has 3 aromatic rings. The first kappa shape index (κ1) is 17.5. The third kappa shape index (κ3) is 3.80. The number of aliphatic hydroxyl groups is 1. The number of nitrogens with one attached hydrogen (secondary N) is 1. The fourth-order valence-electron chi connectivity index (χ4n) is 3.66. The van der Waals surface area contributed by atoms with E-state index in [-0.39, 0.29) is 18.1 Å². The molecule has 4 rings (SSSR count). The van der Waals surface area contributed by atoms with E-state index in [2.05, 4.69) is 20.4 Å². The predicted molar refractivity (Wildman–Crippen MR) is 104 cm³/mol. The number of hydrogen-bond acceptors (Lipinski definition) is 7. The first-order valence-electron chi connectivity index (χ1n) is 9.19. The van der Waals surface area contributed by atoms with E-state index in [0.29, 0.717) is 29.8 Å². The SMILES string of the molecule is COc1ccccc1Cn1cc2nc(N)nc(N[C@H]3CCC[C@@H](O)C3)c2n1. The van der Waals surface area contributed by atoms with E-state index >= 15 is 0 Å². The zero-order valence-electron chi connectivity index (χ0n) is 15.3. The van der Waals surface area contributed by atoms with E-state index in [4.69, 9.17) is 10.5 Å². The van der Waals surface area contributed by atoms with Crippen molar-refractivity contribution >= 4 is 22.8 Å². The Kier molecular flexibility index (Phi) is 4.81. The molecule has 0 bridgehead atoms. The lowest BCUT2D eigenvalue weighted by molar-refractivity contribution is 0.124. The Morgan fingerprint density at radius 2 is 2.15 bits per heavy atom. The lowest BCUT2D eigenvalue weighted by Gasteiger charge is -2.27. The summed E-state index contributed by atoms with van der Waals surface area (Å²) in [6.45, 7) is 0.557. The lowest BCUT2D eigenvalue weighted by Crippen LogP contribution is -2.30. The van der Waals surface area contributed by atoms with Gasteiger partial charge in [-0.05, 0) is 31.7 Å². The molecule has 27 heavy (non-hydrogen) atoms. The molecule has 2 atom stereocenters. The summed E-state index contributed by atoms with van der Waals surface area (Å²) in [4.78, 5) is 8.66. The lowest BCUT2D eigenvalue weighted by atomic mass is 9.93. The van der Waals surface area contributed by atoms with E-state index in [0.717, 1.165) is 30.6 Å². The molecule has 1 aliphatic carbocycles. The second kappa shape index (κ2) is 7.40. The Labute approximate surface area is 157 Å². The van der Waals surface area contributed by atoms with E-state index < -0.39 is 0 Å². The first-order chi connectivity index (χ1) is 13.1. The summed E-state index contributed by atoms with van der Waals surface area (Å²) in [7, 11) is 1.66. The summed E-state index contributed by atoms with van der Waals surface area (Å²) in [5.74, 6) is 1.64. The number of para-hydroxylation sites is 1. The molecule has 0 unspecified atom stereocenters. The minimum atomic E-state index is -0.269. The summed E-state index contributed by atoms with van der Waals surface area (Å²) in [5.41, 5.74) is 8.29. The minimum Gasteiger partial charge on any atom is -0.496 e. The molecule has 1 fully saturated rings. The van der Waals surface area contributed by atoms with Crippen molar-refractivity contribution < 1.29 is 9.84 Å². The van der Waals surface area contributed by atoms with Crippen LogP contribution in [0.1, 0.15) is 31.2 Å². The van der Waals surface area contributed by atoms with Crippen LogP contribution in [0.25, 0.3) is 11.0 Å². The summed E-state index contributed by atoms with van der Waals surface area (Å²) in [6, 6.07) is 8.01. The van der Waals surface area contributed by atoms with E-state index in [1.165, 1.54) is 0 Å². The Morgan fingerprint density at radius 3 is 2.96 bits per heavy atom. The number of aromatic nitrogens is 4. The van der Waals surface area contributed by atoms with Gasteiger partial charge in [-0.2, -0.15) is 10.1 Å². The first-order valence-corrected chi connectivity index (χ1v) is 9.19. The van der Waals surface area contributed by atoms with Gasteiger partial charge < -0.3 is 20.9 Å². The molecule has 2 aromatic heterocycles. The molecule has 0 amide bonds. The van der Waals surface area contributed by atoms with Gasteiger partial charge in [-0.1, -0.05) is 18.2 Å². The Morgan fingerprint density at radius 1 is 1.30 bits per heavy atom. The van der Waals surface area contributed by atoms with Gasteiger partial charge in [0.05, 0.1) is 26.0 Å². The second-order valence-electron chi connectivity index (χ2n) is 6.96. The molecular formula is C19H24N6O2. The van der Waals surface area contributed by atoms with Crippen molar-refractivity contribution in [1.29, 1.82) is 0 Å². The smallest absolute Gasteiger partial charge is 0.222 e. The number of nitrogens with two attached hydrogens (primary N) is 1. The third-order valence-electron chi connectivity index (χ3n) is 4.94. The van der Waals surface area contributed by atoms with Crippen molar-refractivity contribution in [2.75, 3.05) is 18.2 Å². The monoisotopic (exact) mass is 368 g/mol. The standard InChI is InChI=1S/C19H24N6O2/c1-27-16-8-3-2-5-12(16)10-25-11-15-17(24-25)18(23-19(20)22-15)21-13-6-4-7-14(26)9-13/h2-3,5,8,11,13-14,26H,4,6-7,9-10H2,1H3,(H3,20,21,22,23)/t13-,14+/m0/s1. The zero-order chi connectivity index (χ0) is 18.8. The third-order valence-corrected chi connectivity index (χ3v) is 4.94. The summed E-state index contributed by atoms with van der Waals surface area (Å²) in [5, 5.41) is 18.0. The summed E-state index contributed by atoms with van der Waals surface area (Å²) >= 11 is 0. The maximum Gasteiger partial charge on any atom is 0.222 e. The summed E-state index contributed by atoms with van der Waals surface area (Å²) in [6.07, 6.45) is 5.13. The van der Waals surface area contributed by atoms with Crippen LogP contribution in [0, 0.1) is 0 Å². The Balaban J connectivity index is 1.63. The van der Waals surface area contributed by atoms with Crippen LogP contribution in [0.5, 0.6) is 5.75 Å². The van der Waals surface area contributed by atoms with E-state index in [1.54, 1.807) is 7.11 Å². The van der Waals surface area contributed by atoms with Crippen molar-refractivity contribution in [2.45, 2.75) is 44.4 Å². The predicted octanol–water partition coefficient (Wildman–Crippen LogP) is 2.18. The molecule has 2 heterocycles. The largest absolute Gasteiger partial charge is 0.496 e. The average molecular weight is 368 g/mol. The highest BCUT2D eigenvalue weighted by Crippen LogP contribution is 2.26. The molecular weight excluding hydrogens is 344 g/mol. The van der Waals surface area contributed by atoms with Crippen molar-refractivity contribution in [2.24, 2.45) is 0 Å². The highest BCUT2D eigenvalue weighted by atomic mass is 16.5. The normalized spacial score (nSPS) is 19.9. The van der Waals surface area contributed by atoms with Gasteiger partial charge in [0.1, 0.15) is 11.3 Å². The Bertz CT molecular complexity index is 941. The van der Waals surface area contributed by atoms with Crippen molar-refractivity contribution in [3.8, 4) is 5.75 Å². The molecule has 1 aromatic carbocycles. The molecule has 8 nitrogen and oxygen atoms in total. The van der Waals surface area contributed by atoms with Gasteiger partial charge in [-0.3, -0.25) is 4.68 Å². The number of nitrogen functional groups attached to an aromatic ring is 1.